The molecule has 0 saturated carbocycles. The standard InChI is InChI=1S/C19H18ClN3O4S/c1-11-4-7-16(21-19(24)18-12(2)22-27-13(18)3)10-17(11)28(25,26)23-15-8-5-14(20)6-9-15/h4-10,23H,1-3H3,(H,21,24). The van der Waals surface area contributed by atoms with Crippen LogP contribution in [0.1, 0.15) is 27.4 Å². The molecule has 146 valence electrons. The second-order valence-electron chi connectivity index (χ2n) is 6.25. The van der Waals surface area contributed by atoms with Crippen molar-refractivity contribution in [3.05, 3.63) is 70.1 Å². The molecular formula is C19H18ClN3O4S. The molecule has 9 heteroatoms. The minimum Gasteiger partial charge on any atom is -0.361 e. The van der Waals surface area contributed by atoms with Crippen LogP contribution < -0.4 is 10.0 Å². The van der Waals surface area contributed by atoms with Crippen molar-refractivity contribution < 1.29 is 17.7 Å². The second kappa shape index (κ2) is 7.65. The van der Waals surface area contributed by atoms with E-state index in [9.17, 15) is 13.2 Å². The van der Waals surface area contributed by atoms with E-state index in [2.05, 4.69) is 15.2 Å². The Bertz CT molecular complexity index is 1120. The Kier molecular flexibility index (Phi) is 5.44. The number of hydrogen-bond donors (Lipinski definition) is 2. The molecule has 0 aliphatic carbocycles. The quantitative estimate of drug-likeness (QED) is 0.641. The lowest BCUT2D eigenvalue weighted by Gasteiger charge is -2.13. The van der Waals surface area contributed by atoms with Crippen molar-refractivity contribution in [3.8, 4) is 0 Å². The number of aryl methyl sites for hydroxylation is 3. The molecule has 7 nitrogen and oxygen atoms in total. The highest BCUT2D eigenvalue weighted by atomic mass is 35.5. The zero-order valence-electron chi connectivity index (χ0n) is 15.4. The largest absolute Gasteiger partial charge is 0.361 e. The summed E-state index contributed by atoms with van der Waals surface area (Å²) in [5.74, 6) is -0.0338. The van der Waals surface area contributed by atoms with E-state index in [-0.39, 0.29) is 4.90 Å². The summed E-state index contributed by atoms with van der Waals surface area (Å²) in [6, 6.07) is 11.0. The highest BCUT2D eigenvalue weighted by Gasteiger charge is 2.21. The Balaban J connectivity index is 1.88. The summed E-state index contributed by atoms with van der Waals surface area (Å²) in [6.07, 6.45) is 0. The molecule has 3 aromatic rings. The fourth-order valence-corrected chi connectivity index (χ4v) is 4.15. The van der Waals surface area contributed by atoms with Gasteiger partial charge < -0.3 is 9.84 Å². The molecule has 0 unspecified atom stereocenters. The van der Waals surface area contributed by atoms with Gasteiger partial charge >= 0.3 is 0 Å². The van der Waals surface area contributed by atoms with Gasteiger partial charge in [-0.3, -0.25) is 9.52 Å². The van der Waals surface area contributed by atoms with E-state index in [0.29, 0.717) is 39.0 Å². The van der Waals surface area contributed by atoms with Crippen LogP contribution in [0.3, 0.4) is 0 Å². The van der Waals surface area contributed by atoms with Crippen molar-refractivity contribution >= 4 is 38.9 Å². The van der Waals surface area contributed by atoms with Crippen LogP contribution in [0.4, 0.5) is 11.4 Å². The average molecular weight is 420 g/mol. The van der Waals surface area contributed by atoms with E-state index in [4.69, 9.17) is 16.1 Å². The minimum absolute atomic E-state index is 0.0546. The summed E-state index contributed by atoms with van der Waals surface area (Å²) in [6.45, 7) is 4.97. The van der Waals surface area contributed by atoms with Crippen molar-refractivity contribution in [1.82, 2.24) is 5.16 Å². The number of aromatic nitrogens is 1. The second-order valence-corrected chi connectivity index (χ2v) is 8.33. The molecule has 0 bridgehead atoms. The summed E-state index contributed by atoms with van der Waals surface area (Å²) in [4.78, 5) is 12.6. The minimum atomic E-state index is -3.86. The van der Waals surface area contributed by atoms with E-state index >= 15 is 0 Å². The molecule has 2 aromatic carbocycles. The highest BCUT2D eigenvalue weighted by molar-refractivity contribution is 7.92. The van der Waals surface area contributed by atoms with Gasteiger partial charge in [0.15, 0.2) is 0 Å². The maximum atomic E-state index is 12.8. The van der Waals surface area contributed by atoms with E-state index < -0.39 is 15.9 Å². The third-order valence-electron chi connectivity index (χ3n) is 4.09. The van der Waals surface area contributed by atoms with Gasteiger partial charge in [0.1, 0.15) is 11.3 Å². The van der Waals surface area contributed by atoms with Crippen LogP contribution in [0.25, 0.3) is 0 Å². The molecule has 0 aliphatic heterocycles. The first-order valence-electron chi connectivity index (χ1n) is 8.30. The SMILES string of the molecule is Cc1ccc(NC(=O)c2c(C)noc2C)cc1S(=O)(=O)Nc1ccc(Cl)cc1. The number of carbonyl (C=O) groups is 1. The van der Waals surface area contributed by atoms with Gasteiger partial charge in [0, 0.05) is 16.4 Å². The topological polar surface area (TPSA) is 101 Å². The smallest absolute Gasteiger partial charge is 0.262 e. The molecule has 0 aliphatic rings. The highest BCUT2D eigenvalue weighted by Crippen LogP contribution is 2.24. The van der Waals surface area contributed by atoms with Crippen molar-refractivity contribution in [2.45, 2.75) is 25.7 Å². The number of hydrogen-bond acceptors (Lipinski definition) is 5. The molecule has 1 amide bonds. The monoisotopic (exact) mass is 419 g/mol. The summed E-state index contributed by atoms with van der Waals surface area (Å²) >= 11 is 5.83. The first kappa shape index (κ1) is 19.9. The molecule has 28 heavy (non-hydrogen) atoms. The van der Waals surface area contributed by atoms with Crippen LogP contribution in [0.2, 0.25) is 5.02 Å². The third-order valence-corrected chi connectivity index (χ3v) is 5.87. The van der Waals surface area contributed by atoms with Crippen LogP contribution in [0.15, 0.2) is 51.9 Å². The van der Waals surface area contributed by atoms with Gasteiger partial charge in [0.25, 0.3) is 15.9 Å². The van der Waals surface area contributed by atoms with Crippen LogP contribution in [0.5, 0.6) is 0 Å². The molecule has 3 rings (SSSR count). The molecule has 1 heterocycles. The van der Waals surface area contributed by atoms with Gasteiger partial charge in [0.2, 0.25) is 0 Å². The first-order valence-corrected chi connectivity index (χ1v) is 10.2. The maximum absolute atomic E-state index is 12.8. The fourth-order valence-electron chi connectivity index (χ4n) is 2.70. The van der Waals surface area contributed by atoms with E-state index in [1.54, 1.807) is 57.2 Å². The number of anilines is 2. The molecule has 0 spiro atoms. The molecule has 2 N–H and O–H groups in total. The molecular weight excluding hydrogens is 402 g/mol. The van der Waals surface area contributed by atoms with Gasteiger partial charge in [-0.1, -0.05) is 22.8 Å². The Morgan fingerprint density at radius 2 is 1.68 bits per heavy atom. The Morgan fingerprint density at radius 3 is 2.29 bits per heavy atom. The first-order chi connectivity index (χ1) is 13.2. The summed E-state index contributed by atoms with van der Waals surface area (Å²) in [5, 5.41) is 6.94. The van der Waals surface area contributed by atoms with Gasteiger partial charge in [-0.05, 0) is 62.7 Å². The molecule has 1 aromatic heterocycles. The number of nitrogens with zero attached hydrogens (tertiary/aromatic N) is 1. The fraction of sp³-hybridized carbons (Fsp3) is 0.158. The third kappa shape index (κ3) is 4.18. The Morgan fingerprint density at radius 1 is 1.04 bits per heavy atom. The van der Waals surface area contributed by atoms with Crippen molar-refractivity contribution in [1.29, 1.82) is 0 Å². The molecule has 0 atom stereocenters. The van der Waals surface area contributed by atoms with Gasteiger partial charge in [-0.2, -0.15) is 0 Å². The van der Waals surface area contributed by atoms with Gasteiger partial charge in [-0.15, -0.1) is 0 Å². The Hall–Kier alpha value is -2.84. The van der Waals surface area contributed by atoms with Crippen molar-refractivity contribution in [3.63, 3.8) is 0 Å². The number of carbonyl (C=O) groups excluding carboxylic acids is 1. The zero-order valence-corrected chi connectivity index (χ0v) is 17.0. The van der Waals surface area contributed by atoms with Crippen molar-refractivity contribution in [2.75, 3.05) is 10.0 Å². The van der Waals surface area contributed by atoms with E-state index in [1.807, 2.05) is 0 Å². The summed E-state index contributed by atoms with van der Waals surface area (Å²) in [7, 11) is -3.86. The van der Waals surface area contributed by atoms with E-state index in [0.717, 1.165) is 0 Å². The lowest BCUT2D eigenvalue weighted by atomic mass is 10.1. The number of rotatable bonds is 5. The Labute approximate surface area is 167 Å². The average Bonchev–Trinajstić information content (AvgIpc) is 2.97. The number of amides is 1. The maximum Gasteiger partial charge on any atom is 0.262 e. The number of halogens is 1. The zero-order chi connectivity index (χ0) is 20.5. The van der Waals surface area contributed by atoms with Crippen LogP contribution in [0, 0.1) is 20.8 Å². The van der Waals surface area contributed by atoms with Gasteiger partial charge in [0.05, 0.1) is 10.6 Å². The molecule has 0 radical (unpaired) electrons. The number of nitrogens with one attached hydrogen (secondary N) is 2. The predicted octanol–water partition coefficient (Wildman–Crippen LogP) is 4.31. The molecule has 0 saturated heterocycles. The summed E-state index contributed by atoms with van der Waals surface area (Å²) in [5.41, 5.74) is 2.04. The van der Waals surface area contributed by atoms with Crippen LogP contribution in [-0.4, -0.2) is 19.5 Å². The number of sulfonamides is 1. The van der Waals surface area contributed by atoms with Crippen molar-refractivity contribution in [2.24, 2.45) is 0 Å². The molecule has 0 fully saturated rings. The lowest BCUT2D eigenvalue weighted by molar-refractivity contribution is 0.102. The predicted molar refractivity (Wildman–Crippen MR) is 107 cm³/mol. The lowest BCUT2D eigenvalue weighted by Crippen LogP contribution is -2.17. The summed E-state index contributed by atoms with van der Waals surface area (Å²) < 4.78 is 33.1. The van der Waals surface area contributed by atoms with Crippen LogP contribution in [-0.2, 0) is 10.0 Å². The van der Waals surface area contributed by atoms with E-state index in [1.165, 1.54) is 6.07 Å². The number of benzene rings is 2. The van der Waals surface area contributed by atoms with Gasteiger partial charge in [-0.25, -0.2) is 8.42 Å². The van der Waals surface area contributed by atoms with Crippen LogP contribution >= 0.6 is 11.6 Å². The normalized spacial score (nSPS) is 11.3.